The molecule has 1 amide bonds. The molecule has 50 heavy (non-hydrogen) atoms. The van der Waals surface area contributed by atoms with Crippen LogP contribution in [0.3, 0.4) is 0 Å². The number of carboxylic acids is 1. The number of aliphatic hydroxyl groups excluding tert-OH is 1. The van der Waals surface area contributed by atoms with E-state index in [1.165, 1.54) is 43.8 Å². The van der Waals surface area contributed by atoms with E-state index in [4.69, 9.17) is 0 Å². The van der Waals surface area contributed by atoms with Crippen LogP contribution in [-0.4, -0.2) is 56.8 Å². The molecule has 0 saturated heterocycles. The maximum atomic E-state index is 13.8. The van der Waals surface area contributed by atoms with Crippen LogP contribution in [0.4, 0.5) is 26.0 Å². The third-order valence-corrected chi connectivity index (χ3v) is 9.70. The number of anilines is 3. The Bertz CT molecular complexity index is 2230. The Kier molecular flexibility index (Phi) is 9.24. The van der Waals surface area contributed by atoms with Gasteiger partial charge >= 0.3 is 5.97 Å². The van der Waals surface area contributed by atoms with Crippen LogP contribution in [-0.2, 0) is 14.8 Å². The van der Waals surface area contributed by atoms with E-state index in [2.05, 4.69) is 25.6 Å². The standard InChI is InChI=1S/C20H15F2N3O2.C15H13N3O4S/c21-15-2-1-3-16(22)18(15)19-23-9-13(10-24-19)25-17-7-6-12(11-4-5-11)8-14(17)20(26)27;1-18-13(15(20)17-12-8-4-5-9-16-12)14(19)10-6-2-3-7-11(10)23(18,21)22/h1-3,6-11,25H,4-5H2,(H,26,27);2-9,19H,1H3,(H,16,17,20). The van der Waals surface area contributed by atoms with Gasteiger partial charge in [0.15, 0.2) is 17.3 Å². The van der Waals surface area contributed by atoms with Crippen molar-refractivity contribution in [2.24, 2.45) is 0 Å². The topological polar surface area (TPSA) is 175 Å². The number of amides is 1. The summed E-state index contributed by atoms with van der Waals surface area (Å²) in [5.74, 6) is -3.09. The molecule has 0 radical (unpaired) electrons. The highest BCUT2D eigenvalue weighted by Gasteiger charge is 2.37. The lowest BCUT2D eigenvalue weighted by atomic mass is 10.0. The third kappa shape index (κ3) is 6.84. The van der Waals surface area contributed by atoms with Gasteiger partial charge in [-0.3, -0.25) is 9.10 Å². The van der Waals surface area contributed by atoms with Gasteiger partial charge in [0.25, 0.3) is 15.9 Å². The number of benzene rings is 3. The van der Waals surface area contributed by atoms with E-state index >= 15 is 0 Å². The Hall–Kier alpha value is -6.22. The molecule has 4 N–H and O–H groups in total. The van der Waals surface area contributed by atoms with Crippen molar-refractivity contribution in [2.45, 2.75) is 23.7 Å². The number of halogens is 2. The Morgan fingerprint density at radius 1 is 0.900 bits per heavy atom. The van der Waals surface area contributed by atoms with Gasteiger partial charge in [0.2, 0.25) is 0 Å². The van der Waals surface area contributed by atoms with Gasteiger partial charge in [-0.2, -0.15) is 0 Å². The lowest BCUT2D eigenvalue weighted by Crippen LogP contribution is -2.37. The third-order valence-electron chi connectivity index (χ3n) is 7.88. The number of nitrogens with one attached hydrogen (secondary N) is 2. The Balaban J connectivity index is 0.000000175. The zero-order chi connectivity index (χ0) is 35.6. The van der Waals surface area contributed by atoms with Crippen LogP contribution < -0.4 is 10.6 Å². The number of carbonyl (C=O) groups is 2. The molecule has 2 aliphatic rings. The highest BCUT2D eigenvalue weighted by atomic mass is 32.2. The molecule has 0 atom stereocenters. The van der Waals surface area contributed by atoms with E-state index in [1.54, 1.807) is 42.5 Å². The first-order valence-corrected chi connectivity index (χ1v) is 16.5. The highest BCUT2D eigenvalue weighted by molar-refractivity contribution is 7.89. The van der Waals surface area contributed by atoms with Gasteiger partial charge in [-0.1, -0.05) is 30.3 Å². The van der Waals surface area contributed by atoms with Crippen molar-refractivity contribution in [1.29, 1.82) is 0 Å². The summed E-state index contributed by atoms with van der Waals surface area (Å²) in [7, 11) is -2.69. The van der Waals surface area contributed by atoms with Gasteiger partial charge in [0.1, 0.15) is 17.5 Å². The predicted molar refractivity (Wildman–Crippen MR) is 180 cm³/mol. The van der Waals surface area contributed by atoms with Crippen LogP contribution in [0, 0.1) is 11.6 Å². The largest absolute Gasteiger partial charge is 0.505 e. The van der Waals surface area contributed by atoms with E-state index in [0.717, 1.165) is 34.8 Å². The van der Waals surface area contributed by atoms with Crippen LogP contribution >= 0.6 is 0 Å². The second-order valence-electron chi connectivity index (χ2n) is 11.2. The fourth-order valence-corrected chi connectivity index (χ4v) is 6.60. The molecule has 15 heteroatoms. The van der Waals surface area contributed by atoms with Crippen LogP contribution in [0.15, 0.2) is 108 Å². The number of aromatic nitrogens is 3. The van der Waals surface area contributed by atoms with Crippen LogP contribution in [0.25, 0.3) is 17.1 Å². The first-order valence-electron chi connectivity index (χ1n) is 15.1. The average Bonchev–Trinajstić information content (AvgIpc) is 3.95. The van der Waals surface area contributed by atoms with Gasteiger partial charge in [0.05, 0.1) is 39.8 Å². The number of hydrogen-bond acceptors (Lipinski definition) is 9. The molecule has 0 unspecified atom stereocenters. The number of fused-ring (bicyclic) bond motifs is 1. The predicted octanol–water partition coefficient (Wildman–Crippen LogP) is 6.32. The van der Waals surface area contributed by atoms with Gasteiger partial charge in [-0.15, -0.1) is 0 Å². The van der Waals surface area contributed by atoms with E-state index in [-0.39, 0.29) is 38.9 Å². The number of pyridine rings is 1. The van der Waals surface area contributed by atoms with E-state index in [1.807, 2.05) is 6.07 Å². The lowest BCUT2D eigenvalue weighted by molar-refractivity contribution is -0.113. The monoisotopic (exact) mass is 698 g/mol. The molecular formula is C35H28F2N6O6S. The summed E-state index contributed by atoms with van der Waals surface area (Å²) in [4.78, 5) is 35.9. The van der Waals surface area contributed by atoms with Crippen molar-refractivity contribution in [3.63, 3.8) is 0 Å². The molecule has 5 aromatic rings. The number of aromatic carboxylic acids is 1. The van der Waals surface area contributed by atoms with E-state index in [0.29, 0.717) is 17.3 Å². The van der Waals surface area contributed by atoms with Gasteiger partial charge in [0, 0.05) is 18.8 Å². The molecule has 2 aromatic heterocycles. The van der Waals surface area contributed by atoms with Crippen LogP contribution in [0.1, 0.15) is 40.2 Å². The molecule has 1 saturated carbocycles. The smallest absolute Gasteiger partial charge is 0.337 e. The summed E-state index contributed by atoms with van der Waals surface area (Å²) >= 11 is 0. The summed E-state index contributed by atoms with van der Waals surface area (Å²) in [5, 5.41) is 25.3. The Morgan fingerprint density at radius 3 is 2.22 bits per heavy atom. The summed E-state index contributed by atoms with van der Waals surface area (Å²) in [5.41, 5.74) is 1.43. The molecule has 12 nitrogen and oxygen atoms in total. The average molecular weight is 699 g/mol. The zero-order valence-corrected chi connectivity index (χ0v) is 27.0. The van der Waals surface area contributed by atoms with E-state index < -0.39 is 39.3 Å². The second kappa shape index (κ2) is 13.7. The van der Waals surface area contributed by atoms with Gasteiger partial charge in [-0.05, 0) is 72.9 Å². The molecule has 1 aliphatic carbocycles. The SMILES string of the molecule is CN1C(C(=O)Nc2ccccn2)=C(O)c2ccccc2S1(=O)=O.O=C(O)c1cc(C2CC2)ccc1Nc1cnc(-c2c(F)cccc2F)nc1. The molecule has 0 spiro atoms. The summed E-state index contributed by atoms with van der Waals surface area (Å²) in [6, 6.07) is 19.7. The maximum absolute atomic E-state index is 13.8. The number of carbonyl (C=O) groups excluding carboxylic acids is 1. The number of sulfonamides is 1. The number of carboxylic acid groups (broad SMARTS) is 1. The van der Waals surface area contributed by atoms with Crippen molar-refractivity contribution < 1.29 is 37.0 Å². The summed E-state index contributed by atoms with van der Waals surface area (Å²) in [6.07, 6.45) is 6.35. The Labute approximate surface area is 284 Å². The molecule has 0 bridgehead atoms. The fraction of sp³-hybridized carbons (Fsp3) is 0.114. The molecule has 1 aliphatic heterocycles. The number of aliphatic hydroxyl groups is 1. The number of nitrogens with zero attached hydrogens (tertiary/aromatic N) is 4. The molecule has 254 valence electrons. The minimum Gasteiger partial charge on any atom is -0.505 e. The highest BCUT2D eigenvalue weighted by Crippen LogP contribution is 2.41. The van der Waals surface area contributed by atoms with Crippen molar-refractivity contribution >= 4 is 44.9 Å². The normalized spacial score (nSPS) is 14.6. The molecule has 1 fully saturated rings. The first-order chi connectivity index (χ1) is 24.0. The molecule has 3 aromatic carbocycles. The van der Waals surface area contributed by atoms with Gasteiger partial charge < -0.3 is 20.8 Å². The number of hydrogen-bond donors (Lipinski definition) is 4. The van der Waals surface area contributed by atoms with Crippen LogP contribution in [0.5, 0.6) is 0 Å². The first kappa shape index (κ1) is 33.7. The fourth-order valence-electron chi connectivity index (χ4n) is 5.20. The minimum atomic E-state index is -3.91. The maximum Gasteiger partial charge on any atom is 0.337 e. The van der Waals surface area contributed by atoms with Crippen LogP contribution in [0.2, 0.25) is 0 Å². The Morgan fingerprint density at radius 2 is 1.58 bits per heavy atom. The lowest BCUT2D eigenvalue weighted by Gasteiger charge is -2.28. The quantitative estimate of drug-likeness (QED) is 0.151. The minimum absolute atomic E-state index is 0.0469. The molecule has 3 heterocycles. The van der Waals surface area contributed by atoms with Crippen molar-refractivity contribution in [1.82, 2.24) is 19.3 Å². The van der Waals surface area contributed by atoms with Gasteiger partial charge in [-0.25, -0.2) is 36.9 Å². The summed E-state index contributed by atoms with van der Waals surface area (Å²) in [6.45, 7) is 0. The zero-order valence-electron chi connectivity index (χ0n) is 26.2. The number of likely N-dealkylation sites (N-methyl/N-ethyl adjacent to an activating group) is 1. The second-order valence-corrected chi connectivity index (χ2v) is 13.2. The van der Waals surface area contributed by atoms with Crippen molar-refractivity contribution in [3.05, 3.63) is 131 Å². The molecular weight excluding hydrogens is 670 g/mol. The number of rotatable bonds is 7. The summed E-state index contributed by atoms with van der Waals surface area (Å²) < 4.78 is 53.4. The molecule has 7 rings (SSSR count). The van der Waals surface area contributed by atoms with E-state index in [9.17, 15) is 37.0 Å². The van der Waals surface area contributed by atoms with Crippen molar-refractivity contribution in [2.75, 3.05) is 17.7 Å². The van der Waals surface area contributed by atoms with Crippen molar-refractivity contribution in [3.8, 4) is 11.4 Å².